The fraction of sp³-hybridized carbons (Fsp3) is 0.333. The summed E-state index contributed by atoms with van der Waals surface area (Å²) in [7, 11) is -3.22. The Bertz CT molecular complexity index is 616. The van der Waals surface area contributed by atoms with Gasteiger partial charge < -0.3 is 5.32 Å². The maximum Gasteiger partial charge on any atom is 0.319 e. The number of rotatable bonds is 5. The summed E-state index contributed by atoms with van der Waals surface area (Å²) in [5.41, 5.74) is -0.875. The molecule has 104 valence electrons. The van der Waals surface area contributed by atoms with E-state index >= 15 is 0 Å². The summed E-state index contributed by atoms with van der Waals surface area (Å²) in [5, 5.41) is 12.7. The lowest BCUT2D eigenvalue weighted by Crippen LogP contribution is -2.29. The second-order valence-corrected chi connectivity index (χ2v) is 6.26. The summed E-state index contributed by atoms with van der Waals surface area (Å²) in [6.07, 6.45) is 2.17. The minimum absolute atomic E-state index is 0.144. The first-order chi connectivity index (χ1) is 8.72. The van der Waals surface area contributed by atoms with Gasteiger partial charge in [-0.15, -0.1) is 0 Å². The number of amides is 1. The van der Waals surface area contributed by atoms with Crippen molar-refractivity contribution in [2.45, 2.75) is 0 Å². The van der Waals surface area contributed by atoms with E-state index in [1.165, 1.54) is 0 Å². The topological polar surface area (TPSA) is 119 Å². The van der Waals surface area contributed by atoms with Crippen LogP contribution in [-0.2, 0) is 9.84 Å². The number of hydrogen-bond donors (Lipinski definition) is 1. The second-order valence-electron chi connectivity index (χ2n) is 3.64. The van der Waals surface area contributed by atoms with Crippen LogP contribution in [0, 0.1) is 10.1 Å². The predicted molar refractivity (Wildman–Crippen MR) is 67.9 cm³/mol. The molecule has 1 N–H and O–H groups in total. The maximum atomic E-state index is 11.7. The molecule has 0 saturated carbocycles. The molecule has 8 nitrogen and oxygen atoms in total. The summed E-state index contributed by atoms with van der Waals surface area (Å²) in [4.78, 5) is 25.2. The molecule has 0 aliphatic heterocycles. The zero-order chi connectivity index (χ0) is 14.6. The molecule has 1 aromatic rings. The van der Waals surface area contributed by atoms with Gasteiger partial charge in [0, 0.05) is 19.0 Å². The van der Waals surface area contributed by atoms with Crippen LogP contribution < -0.4 is 5.32 Å². The largest absolute Gasteiger partial charge is 0.351 e. The summed E-state index contributed by atoms with van der Waals surface area (Å²) in [6.45, 7) is -0.144. The molecule has 0 bridgehead atoms. The van der Waals surface area contributed by atoms with Crippen molar-refractivity contribution in [1.82, 2.24) is 10.3 Å². The second kappa shape index (κ2) is 5.93. The van der Waals surface area contributed by atoms with Crippen molar-refractivity contribution in [3.8, 4) is 0 Å². The zero-order valence-electron chi connectivity index (χ0n) is 9.79. The Balaban J connectivity index is 2.89. The van der Waals surface area contributed by atoms with Crippen molar-refractivity contribution in [2.24, 2.45) is 0 Å². The van der Waals surface area contributed by atoms with Crippen molar-refractivity contribution in [1.29, 1.82) is 0 Å². The van der Waals surface area contributed by atoms with Gasteiger partial charge in [-0.2, -0.15) is 0 Å². The molecule has 19 heavy (non-hydrogen) atoms. The molecule has 0 aliphatic carbocycles. The van der Waals surface area contributed by atoms with Crippen LogP contribution >= 0.6 is 11.6 Å². The number of nitrogens with one attached hydrogen (secondary N) is 1. The molecule has 1 aromatic heterocycles. The molecular weight excluding hydrogens is 298 g/mol. The van der Waals surface area contributed by atoms with Crippen molar-refractivity contribution in [2.75, 3.05) is 18.6 Å². The number of hydrogen-bond acceptors (Lipinski definition) is 6. The maximum absolute atomic E-state index is 11.7. The molecule has 1 heterocycles. The molecule has 1 rings (SSSR count). The van der Waals surface area contributed by atoms with E-state index in [1.807, 2.05) is 0 Å². The fourth-order valence-electron chi connectivity index (χ4n) is 1.23. The van der Waals surface area contributed by atoms with E-state index < -0.39 is 31.5 Å². The van der Waals surface area contributed by atoms with E-state index in [1.54, 1.807) is 0 Å². The van der Waals surface area contributed by atoms with Crippen LogP contribution in [0.25, 0.3) is 0 Å². The van der Waals surface area contributed by atoms with Gasteiger partial charge in [0.2, 0.25) is 5.15 Å². The molecule has 0 unspecified atom stereocenters. The summed E-state index contributed by atoms with van der Waals surface area (Å²) >= 11 is 5.55. The Morgan fingerprint density at radius 1 is 1.58 bits per heavy atom. The highest BCUT2D eigenvalue weighted by molar-refractivity contribution is 7.90. The number of halogens is 1. The van der Waals surface area contributed by atoms with Crippen molar-refractivity contribution < 1.29 is 18.1 Å². The van der Waals surface area contributed by atoms with Gasteiger partial charge in [-0.3, -0.25) is 14.9 Å². The molecule has 0 saturated heterocycles. The first-order valence-electron chi connectivity index (χ1n) is 4.97. The van der Waals surface area contributed by atoms with E-state index in [9.17, 15) is 23.3 Å². The molecule has 0 radical (unpaired) electrons. The lowest BCUT2D eigenvalue weighted by Gasteiger charge is -2.05. The minimum Gasteiger partial charge on any atom is -0.351 e. The third-order valence-electron chi connectivity index (χ3n) is 2.07. The van der Waals surface area contributed by atoms with Gasteiger partial charge in [-0.1, -0.05) is 11.6 Å². The number of carbonyl (C=O) groups is 1. The Kier molecular flexibility index (Phi) is 4.78. The van der Waals surface area contributed by atoms with Crippen molar-refractivity contribution in [3.63, 3.8) is 0 Å². The standard InChI is InChI=1S/C9H10ClN3O5S/c1-19(17,18)5-4-12-9(14)6-2-3-11-8(10)7(6)13(15)16/h2-3H,4-5H2,1H3,(H,12,14). The average molecular weight is 308 g/mol. The Morgan fingerprint density at radius 2 is 2.21 bits per heavy atom. The zero-order valence-corrected chi connectivity index (χ0v) is 11.4. The average Bonchev–Trinajstić information content (AvgIpc) is 2.26. The number of pyridine rings is 1. The smallest absolute Gasteiger partial charge is 0.319 e. The third kappa shape index (κ3) is 4.45. The third-order valence-corrected chi connectivity index (χ3v) is 3.29. The normalized spacial score (nSPS) is 11.1. The van der Waals surface area contributed by atoms with E-state index in [0.29, 0.717) is 0 Å². The highest BCUT2D eigenvalue weighted by atomic mass is 35.5. The van der Waals surface area contributed by atoms with Gasteiger partial charge in [0.05, 0.1) is 10.7 Å². The summed E-state index contributed by atoms with van der Waals surface area (Å²) < 4.78 is 21.8. The molecule has 0 fully saturated rings. The van der Waals surface area contributed by atoms with E-state index in [2.05, 4.69) is 10.3 Å². The minimum atomic E-state index is -3.22. The summed E-state index contributed by atoms with van der Waals surface area (Å²) in [6, 6.07) is 1.14. The molecular formula is C9H10ClN3O5S. The molecule has 0 atom stereocenters. The number of aromatic nitrogens is 1. The summed E-state index contributed by atoms with van der Waals surface area (Å²) in [5.74, 6) is -1.04. The van der Waals surface area contributed by atoms with Crippen molar-refractivity contribution in [3.05, 3.63) is 33.1 Å². The van der Waals surface area contributed by atoms with Crippen LogP contribution in [0.5, 0.6) is 0 Å². The lowest BCUT2D eigenvalue weighted by atomic mass is 10.2. The van der Waals surface area contributed by atoms with E-state index in [4.69, 9.17) is 11.6 Å². The van der Waals surface area contributed by atoms with Gasteiger partial charge >= 0.3 is 5.69 Å². The van der Waals surface area contributed by atoms with Crippen LogP contribution in [0.2, 0.25) is 5.15 Å². The van der Waals surface area contributed by atoms with Crippen molar-refractivity contribution >= 4 is 33.0 Å². The van der Waals surface area contributed by atoms with Gasteiger partial charge in [0.25, 0.3) is 5.91 Å². The number of nitrogens with zero attached hydrogens (tertiary/aromatic N) is 2. The van der Waals surface area contributed by atoms with Crippen LogP contribution in [0.1, 0.15) is 10.4 Å². The molecule has 0 aromatic carbocycles. The molecule has 0 aliphatic rings. The number of carbonyl (C=O) groups excluding carboxylic acids is 1. The van der Waals surface area contributed by atoms with Gasteiger partial charge in [0.1, 0.15) is 15.4 Å². The predicted octanol–water partition coefficient (Wildman–Crippen LogP) is 0.418. The van der Waals surface area contributed by atoms with E-state index in [0.717, 1.165) is 18.5 Å². The Hall–Kier alpha value is -1.74. The Morgan fingerprint density at radius 3 is 2.74 bits per heavy atom. The van der Waals surface area contributed by atoms with Gasteiger partial charge in [-0.25, -0.2) is 13.4 Å². The Labute approximate surface area is 113 Å². The van der Waals surface area contributed by atoms with Gasteiger partial charge in [-0.05, 0) is 6.07 Å². The first kappa shape index (κ1) is 15.3. The van der Waals surface area contributed by atoms with Gasteiger partial charge in [0.15, 0.2) is 0 Å². The van der Waals surface area contributed by atoms with E-state index in [-0.39, 0.29) is 17.9 Å². The SMILES string of the molecule is CS(=O)(=O)CCNC(=O)c1ccnc(Cl)c1[N+](=O)[O-]. The first-order valence-corrected chi connectivity index (χ1v) is 7.41. The van der Waals surface area contributed by atoms with Crippen LogP contribution in [-0.4, -0.2) is 42.8 Å². The molecule has 1 amide bonds. The lowest BCUT2D eigenvalue weighted by molar-refractivity contribution is -0.385. The highest BCUT2D eigenvalue weighted by Crippen LogP contribution is 2.25. The quantitative estimate of drug-likeness (QED) is 0.478. The van der Waals surface area contributed by atoms with Crippen LogP contribution in [0.15, 0.2) is 12.3 Å². The molecule has 0 spiro atoms. The number of sulfone groups is 1. The molecule has 10 heteroatoms. The van der Waals surface area contributed by atoms with Crippen LogP contribution in [0.4, 0.5) is 5.69 Å². The fourth-order valence-corrected chi connectivity index (χ4v) is 1.93. The highest BCUT2D eigenvalue weighted by Gasteiger charge is 2.24. The monoisotopic (exact) mass is 307 g/mol. The number of nitro groups is 1. The van der Waals surface area contributed by atoms with Crippen LogP contribution in [0.3, 0.4) is 0 Å².